The van der Waals surface area contributed by atoms with Crippen molar-refractivity contribution in [2.24, 2.45) is 17.1 Å². The van der Waals surface area contributed by atoms with Crippen molar-refractivity contribution in [3.8, 4) is 0 Å². The molecule has 1 aromatic heterocycles. The Hall–Kier alpha value is -0.450. The summed E-state index contributed by atoms with van der Waals surface area (Å²) in [5.74, 6) is 1.05. The molecular weight excluding hydrogens is 242 g/mol. The van der Waals surface area contributed by atoms with E-state index in [1.807, 2.05) is 11.6 Å². The average molecular weight is 269 g/mol. The van der Waals surface area contributed by atoms with Crippen LogP contribution in [0.1, 0.15) is 45.0 Å². The standard InChI is InChI=1S/C14H27N3S/c1-11(13-17-5-6-18-13)9-16-10-12(8-15)7-14(2,3)4/h5-6,11-12,16H,7-10,15H2,1-4H3. The molecule has 2 atom stereocenters. The van der Waals surface area contributed by atoms with E-state index in [-0.39, 0.29) is 0 Å². The van der Waals surface area contributed by atoms with E-state index < -0.39 is 0 Å². The molecule has 0 spiro atoms. The van der Waals surface area contributed by atoms with E-state index in [2.05, 4.69) is 38.0 Å². The molecule has 2 unspecified atom stereocenters. The molecule has 18 heavy (non-hydrogen) atoms. The number of aromatic nitrogens is 1. The third-order valence-electron chi connectivity index (χ3n) is 2.99. The summed E-state index contributed by atoms with van der Waals surface area (Å²) in [7, 11) is 0. The van der Waals surface area contributed by atoms with E-state index in [0.29, 0.717) is 17.3 Å². The molecule has 4 heteroatoms. The highest BCUT2D eigenvalue weighted by atomic mass is 32.1. The lowest BCUT2D eigenvalue weighted by Gasteiger charge is -2.25. The summed E-state index contributed by atoms with van der Waals surface area (Å²) in [5.41, 5.74) is 6.19. The van der Waals surface area contributed by atoms with Crippen LogP contribution in [-0.4, -0.2) is 24.6 Å². The van der Waals surface area contributed by atoms with E-state index in [4.69, 9.17) is 5.73 Å². The molecule has 1 rings (SSSR count). The quantitative estimate of drug-likeness (QED) is 0.800. The van der Waals surface area contributed by atoms with Crippen LogP contribution in [0, 0.1) is 11.3 Å². The summed E-state index contributed by atoms with van der Waals surface area (Å²) in [6.45, 7) is 11.8. The van der Waals surface area contributed by atoms with Crippen LogP contribution in [0.2, 0.25) is 0 Å². The molecule has 0 saturated heterocycles. The lowest BCUT2D eigenvalue weighted by molar-refractivity contribution is 0.289. The van der Waals surface area contributed by atoms with Gasteiger partial charge in [-0.2, -0.15) is 0 Å². The van der Waals surface area contributed by atoms with Gasteiger partial charge in [-0.3, -0.25) is 0 Å². The number of rotatable bonds is 7. The molecular formula is C14H27N3S. The summed E-state index contributed by atoms with van der Waals surface area (Å²) in [6.07, 6.45) is 3.04. The molecule has 0 radical (unpaired) electrons. The monoisotopic (exact) mass is 269 g/mol. The Labute approximate surface area is 115 Å². The van der Waals surface area contributed by atoms with Crippen molar-refractivity contribution >= 4 is 11.3 Å². The predicted molar refractivity (Wildman–Crippen MR) is 80.0 cm³/mol. The summed E-state index contributed by atoms with van der Waals surface area (Å²) in [4.78, 5) is 4.35. The minimum Gasteiger partial charge on any atom is -0.330 e. The fourth-order valence-corrected chi connectivity index (χ4v) is 2.87. The van der Waals surface area contributed by atoms with Crippen LogP contribution < -0.4 is 11.1 Å². The van der Waals surface area contributed by atoms with Gasteiger partial charge in [-0.1, -0.05) is 27.7 Å². The van der Waals surface area contributed by atoms with Gasteiger partial charge in [-0.25, -0.2) is 4.98 Å². The zero-order valence-electron chi connectivity index (χ0n) is 12.1. The van der Waals surface area contributed by atoms with Gasteiger partial charge >= 0.3 is 0 Å². The molecule has 0 aliphatic rings. The molecule has 104 valence electrons. The van der Waals surface area contributed by atoms with E-state index in [1.165, 1.54) is 11.4 Å². The Balaban J connectivity index is 2.27. The van der Waals surface area contributed by atoms with Gasteiger partial charge in [0.15, 0.2) is 0 Å². The Morgan fingerprint density at radius 1 is 1.39 bits per heavy atom. The van der Waals surface area contributed by atoms with Crippen molar-refractivity contribution in [3.05, 3.63) is 16.6 Å². The minimum atomic E-state index is 0.354. The second-order valence-electron chi connectivity index (χ2n) is 6.30. The van der Waals surface area contributed by atoms with Crippen molar-refractivity contribution in [3.63, 3.8) is 0 Å². The van der Waals surface area contributed by atoms with E-state index in [1.54, 1.807) is 11.3 Å². The molecule has 0 bridgehead atoms. The molecule has 0 aliphatic heterocycles. The Morgan fingerprint density at radius 3 is 2.61 bits per heavy atom. The molecule has 3 N–H and O–H groups in total. The highest BCUT2D eigenvalue weighted by molar-refractivity contribution is 7.09. The molecule has 0 aliphatic carbocycles. The first-order chi connectivity index (χ1) is 8.42. The summed E-state index contributed by atoms with van der Waals surface area (Å²) in [6, 6.07) is 0. The van der Waals surface area contributed by atoms with Gasteiger partial charge in [0, 0.05) is 24.0 Å². The van der Waals surface area contributed by atoms with Crippen LogP contribution in [0.4, 0.5) is 0 Å². The number of hydrogen-bond acceptors (Lipinski definition) is 4. The number of nitrogens with one attached hydrogen (secondary N) is 1. The zero-order valence-corrected chi connectivity index (χ0v) is 12.9. The largest absolute Gasteiger partial charge is 0.330 e. The number of thiazole rings is 1. The molecule has 1 heterocycles. The van der Waals surface area contributed by atoms with E-state index >= 15 is 0 Å². The highest BCUT2D eigenvalue weighted by Crippen LogP contribution is 2.23. The maximum Gasteiger partial charge on any atom is 0.0965 e. The fraction of sp³-hybridized carbons (Fsp3) is 0.786. The van der Waals surface area contributed by atoms with Gasteiger partial charge in [0.05, 0.1) is 5.01 Å². The normalized spacial score (nSPS) is 15.6. The van der Waals surface area contributed by atoms with Gasteiger partial charge in [0.1, 0.15) is 0 Å². The highest BCUT2D eigenvalue weighted by Gasteiger charge is 2.17. The molecule has 3 nitrogen and oxygen atoms in total. The first-order valence-electron chi connectivity index (χ1n) is 6.72. The molecule has 1 aromatic rings. The van der Waals surface area contributed by atoms with Crippen molar-refractivity contribution in [1.82, 2.24) is 10.3 Å². The third-order valence-corrected chi connectivity index (χ3v) is 4.00. The second-order valence-corrected chi connectivity index (χ2v) is 7.22. The predicted octanol–water partition coefficient (Wildman–Crippen LogP) is 2.85. The lowest BCUT2D eigenvalue weighted by atomic mass is 9.84. The Morgan fingerprint density at radius 2 is 2.11 bits per heavy atom. The number of nitrogens with zero attached hydrogens (tertiary/aromatic N) is 1. The SMILES string of the molecule is CC(CNCC(CN)CC(C)(C)C)c1nccs1. The van der Waals surface area contributed by atoms with Gasteiger partial charge in [0.25, 0.3) is 0 Å². The van der Waals surface area contributed by atoms with Crippen molar-refractivity contribution < 1.29 is 0 Å². The van der Waals surface area contributed by atoms with E-state index in [9.17, 15) is 0 Å². The maximum atomic E-state index is 5.84. The van der Waals surface area contributed by atoms with Gasteiger partial charge in [0.2, 0.25) is 0 Å². The topological polar surface area (TPSA) is 50.9 Å². The maximum absolute atomic E-state index is 5.84. The first-order valence-corrected chi connectivity index (χ1v) is 7.60. The number of hydrogen-bond donors (Lipinski definition) is 2. The fourth-order valence-electron chi connectivity index (χ4n) is 2.17. The van der Waals surface area contributed by atoms with Gasteiger partial charge in [-0.05, 0) is 30.8 Å². The van der Waals surface area contributed by atoms with Crippen molar-refractivity contribution in [2.45, 2.75) is 40.0 Å². The Bertz CT molecular complexity index is 316. The first kappa shape index (κ1) is 15.6. The van der Waals surface area contributed by atoms with Crippen molar-refractivity contribution in [1.29, 1.82) is 0 Å². The van der Waals surface area contributed by atoms with Crippen LogP contribution >= 0.6 is 11.3 Å². The summed E-state index contributed by atoms with van der Waals surface area (Å²) < 4.78 is 0. The second kappa shape index (κ2) is 7.22. The molecule has 0 fully saturated rings. The van der Waals surface area contributed by atoms with Crippen LogP contribution in [0.5, 0.6) is 0 Å². The van der Waals surface area contributed by atoms with Gasteiger partial charge in [-0.15, -0.1) is 11.3 Å². The molecule has 0 aromatic carbocycles. The Kier molecular flexibility index (Phi) is 6.26. The molecule has 0 saturated carbocycles. The smallest absolute Gasteiger partial charge is 0.0965 e. The third kappa shape index (κ3) is 5.94. The van der Waals surface area contributed by atoms with Crippen LogP contribution in [-0.2, 0) is 0 Å². The summed E-state index contributed by atoms with van der Waals surface area (Å²) >= 11 is 1.73. The zero-order chi connectivity index (χ0) is 13.6. The van der Waals surface area contributed by atoms with Gasteiger partial charge < -0.3 is 11.1 Å². The van der Waals surface area contributed by atoms with Crippen LogP contribution in [0.25, 0.3) is 0 Å². The van der Waals surface area contributed by atoms with Crippen molar-refractivity contribution in [2.75, 3.05) is 19.6 Å². The lowest BCUT2D eigenvalue weighted by Crippen LogP contribution is -2.33. The minimum absolute atomic E-state index is 0.354. The van der Waals surface area contributed by atoms with E-state index in [0.717, 1.165) is 19.6 Å². The number of nitrogens with two attached hydrogens (primary N) is 1. The van der Waals surface area contributed by atoms with Crippen LogP contribution in [0.15, 0.2) is 11.6 Å². The molecule has 0 amide bonds. The average Bonchev–Trinajstić information content (AvgIpc) is 2.79. The summed E-state index contributed by atoms with van der Waals surface area (Å²) in [5, 5.41) is 6.78. The van der Waals surface area contributed by atoms with Crippen LogP contribution in [0.3, 0.4) is 0 Å².